The van der Waals surface area contributed by atoms with Gasteiger partial charge in [-0.05, 0) is 6.07 Å². The number of hydrogen-bond donors (Lipinski definition) is 1. The van der Waals surface area contributed by atoms with Crippen LogP contribution >= 0.6 is 0 Å². The Balaban J connectivity index is 1.89. The topological polar surface area (TPSA) is 111 Å². The Morgan fingerprint density at radius 3 is 2.36 bits per heavy atom. The van der Waals surface area contributed by atoms with Crippen molar-refractivity contribution in [1.29, 1.82) is 0 Å². The molecule has 152 valence electrons. The van der Waals surface area contributed by atoms with E-state index in [1.54, 1.807) is 27.4 Å². The quantitative estimate of drug-likeness (QED) is 0.696. The molecule has 1 aromatic heterocycles. The van der Waals surface area contributed by atoms with E-state index in [1.165, 1.54) is 0 Å². The summed E-state index contributed by atoms with van der Waals surface area (Å²) in [7, 11) is 1.14. The molecule has 0 atom stereocenters. The molecular formula is C18H23N3O6S. The van der Waals surface area contributed by atoms with E-state index in [2.05, 4.69) is 14.9 Å². The summed E-state index contributed by atoms with van der Waals surface area (Å²) in [6.07, 6.45) is 1.51. The summed E-state index contributed by atoms with van der Waals surface area (Å²) in [6.45, 7) is 1.51. The summed E-state index contributed by atoms with van der Waals surface area (Å²) in [5, 5.41) is -0.286. The highest BCUT2D eigenvalue weighted by molar-refractivity contribution is 7.90. The minimum atomic E-state index is -3.57. The second kappa shape index (κ2) is 7.80. The number of nitrogens with zero attached hydrogens (tertiary/aromatic N) is 2. The zero-order valence-corrected chi connectivity index (χ0v) is 17.1. The van der Waals surface area contributed by atoms with Gasteiger partial charge in [-0.3, -0.25) is 14.7 Å². The Bertz CT molecular complexity index is 1050. The van der Waals surface area contributed by atoms with E-state index in [9.17, 15) is 13.2 Å². The van der Waals surface area contributed by atoms with Crippen LogP contribution in [0.3, 0.4) is 0 Å². The average molecular weight is 409 g/mol. The number of aromatic nitrogens is 2. The maximum absolute atomic E-state index is 12.4. The molecule has 28 heavy (non-hydrogen) atoms. The Morgan fingerprint density at radius 2 is 1.75 bits per heavy atom. The molecule has 0 fully saturated rings. The van der Waals surface area contributed by atoms with Gasteiger partial charge in [0.25, 0.3) is 5.56 Å². The normalized spacial score (nSPS) is 14.4. The van der Waals surface area contributed by atoms with Gasteiger partial charge in [-0.15, -0.1) is 0 Å². The van der Waals surface area contributed by atoms with Gasteiger partial charge >= 0.3 is 0 Å². The van der Waals surface area contributed by atoms with Crippen molar-refractivity contribution in [1.82, 2.24) is 14.9 Å². The second-order valence-electron chi connectivity index (χ2n) is 6.55. The van der Waals surface area contributed by atoms with E-state index < -0.39 is 15.4 Å². The molecule has 1 aromatic carbocycles. The molecular weight excluding hydrogens is 386 g/mol. The summed E-state index contributed by atoms with van der Waals surface area (Å²) >= 11 is 0. The van der Waals surface area contributed by atoms with Gasteiger partial charge in [0.1, 0.15) is 5.75 Å². The smallest absolute Gasteiger partial charge is 0.256 e. The van der Waals surface area contributed by atoms with Gasteiger partial charge in [0, 0.05) is 43.9 Å². The minimum Gasteiger partial charge on any atom is -0.496 e. The molecule has 2 heterocycles. The Kier molecular flexibility index (Phi) is 5.61. The highest BCUT2D eigenvalue weighted by atomic mass is 32.2. The molecule has 0 bridgehead atoms. The molecule has 9 nitrogen and oxygen atoms in total. The van der Waals surface area contributed by atoms with Crippen molar-refractivity contribution >= 4 is 9.84 Å². The van der Waals surface area contributed by atoms with Crippen molar-refractivity contribution in [3.8, 4) is 17.2 Å². The number of methoxy groups -OCH3 is 3. The second-order valence-corrected chi connectivity index (χ2v) is 8.48. The van der Waals surface area contributed by atoms with Gasteiger partial charge in [-0.25, -0.2) is 13.4 Å². The molecule has 1 aliphatic heterocycles. The number of ether oxygens (including phenoxy) is 3. The summed E-state index contributed by atoms with van der Waals surface area (Å²) in [5.41, 5.74) is 1.48. The number of sulfone groups is 1. The number of fused-ring (bicyclic) bond motifs is 1. The van der Waals surface area contributed by atoms with Gasteiger partial charge in [0.2, 0.25) is 15.0 Å². The molecule has 0 saturated heterocycles. The van der Waals surface area contributed by atoms with Crippen LogP contribution in [0, 0.1) is 0 Å². The maximum Gasteiger partial charge on any atom is 0.256 e. The molecule has 0 spiro atoms. The largest absolute Gasteiger partial charge is 0.496 e. The van der Waals surface area contributed by atoms with Crippen LogP contribution in [0.4, 0.5) is 0 Å². The van der Waals surface area contributed by atoms with E-state index in [4.69, 9.17) is 14.2 Å². The van der Waals surface area contributed by atoms with Gasteiger partial charge in [0.05, 0.1) is 32.6 Å². The van der Waals surface area contributed by atoms with Crippen LogP contribution in [0.1, 0.15) is 16.8 Å². The third kappa shape index (κ3) is 3.97. The molecule has 3 rings (SSSR count). The summed E-state index contributed by atoms with van der Waals surface area (Å²) in [6, 6.07) is 3.61. The fourth-order valence-corrected chi connectivity index (χ4v) is 3.78. The standard InChI is InChI=1S/C18H23N3O6S/c1-25-14-8-16(27-3)15(26-2)7-11(14)9-21-6-5-13-12(10-21)17(22)20-18(19-13)28(4,23)24/h7-8H,5-6,9-10H2,1-4H3,(H,19,20,22). The van der Waals surface area contributed by atoms with Gasteiger partial charge in [-0.1, -0.05) is 0 Å². The Hall–Kier alpha value is -2.59. The first-order chi connectivity index (χ1) is 13.3. The first-order valence-electron chi connectivity index (χ1n) is 8.60. The number of nitrogens with one attached hydrogen (secondary N) is 1. The van der Waals surface area contributed by atoms with E-state index in [0.717, 1.165) is 11.8 Å². The molecule has 0 saturated carbocycles. The summed E-state index contributed by atoms with van der Waals surface area (Å²) < 4.78 is 39.5. The molecule has 1 N–H and O–H groups in total. The average Bonchev–Trinajstić information content (AvgIpc) is 2.67. The monoisotopic (exact) mass is 409 g/mol. The molecule has 1 aliphatic rings. The summed E-state index contributed by atoms with van der Waals surface area (Å²) in [4.78, 5) is 21.0. The minimum absolute atomic E-state index is 0.286. The van der Waals surface area contributed by atoms with Crippen molar-refractivity contribution < 1.29 is 22.6 Å². The van der Waals surface area contributed by atoms with Gasteiger partial charge in [0.15, 0.2) is 11.5 Å². The van der Waals surface area contributed by atoms with Gasteiger partial charge in [-0.2, -0.15) is 0 Å². The van der Waals surface area contributed by atoms with Crippen LogP contribution in [0.2, 0.25) is 0 Å². The SMILES string of the molecule is COc1cc(OC)c(OC)cc1CN1CCc2nc(S(C)(=O)=O)[nH]c(=O)c2C1. The first kappa shape index (κ1) is 20.2. The zero-order valence-electron chi connectivity index (χ0n) is 16.2. The lowest BCUT2D eigenvalue weighted by Crippen LogP contribution is -2.36. The van der Waals surface area contributed by atoms with Crippen molar-refractivity contribution in [3.63, 3.8) is 0 Å². The zero-order chi connectivity index (χ0) is 20.5. The van der Waals surface area contributed by atoms with E-state index in [-0.39, 0.29) is 5.16 Å². The highest BCUT2D eigenvalue weighted by Crippen LogP contribution is 2.35. The number of aromatic amines is 1. The molecule has 0 amide bonds. The lowest BCUT2D eigenvalue weighted by Gasteiger charge is -2.28. The van der Waals surface area contributed by atoms with E-state index in [0.29, 0.717) is 54.6 Å². The van der Waals surface area contributed by atoms with E-state index >= 15 is 0 Å². The molecule has 0 aliphatic carbocycles. The Morgan fingerprint density at radius 1 is 1.11 bits per heavy atom. The van der Waals surface area contributed by atoms with Crippen molar-refractivity contribution in [3.05, 3.63) is 39.3 Å². The maximum atomic E-state index is 12.4. The van der Waals surface area contributed by atoms with E-state index in [1.807, 2.05) is 6.07 Å². The number of H-pyrrole nitrogens is 1. The molecule has 10 heteroatoms. The van der Waals surface area contributed by atoms with Crippen LogP contribution in [-0.4, -0.2) is 57.4 Å². The number of benzene rings is 1. The fraction of sp³-hybridized carbons (Fsp3) is 0.444. The van der Waals surface area contributed by atoms with Gasteiger partial charge < -0.3 is 14.2 Å². The third-order valence-electron chi connectivity index (χ3n) is 4.66. The first-order valence-corrected chi connectivity index (χ1v) is 10.5. The summed E-state index contributed by atoms with van der Waals surface area (Å²) in [5.74, 6) is 1.82. The highest BCUT2D eigenvalue weighted by Gasteiger charge is 2.24. The lowest BCUT2D eigenvalue weighted by molar-refractivity contribution is 0.236. The van der Waals surface area contributed by atoms with Crippen LogP contribution < -0.4 is 19.8 Å². The van der Waals surface area contributed by atoms with Crippen LogP contribution in [0.5, 0.6) is 17.2 Å². The molecule has 0 unspecified atom stereocenters. The number of rotatable bonds is 6. The van der Waals surface area contributed by atoms with Crippen LogP contribution in [-0.2, 0) is 29.3 Å². The van der Waals surface area contributed by atoms with Crippen LogP contribution in [0.25, 0.3) is 0 Å². The van der Waals surface area contributed by atoms with Crippen molar-refractivity contribution in [2.45, 2.75) is 24.7 Å². The predicted octanol–water partition coefficient (Wildman–Crippen LogP) is 0.758. The molecule has 0 radical (unpaired) electrons. The lowest BCUT2D eigenvalue weighted by atomic mass is 10.1. The van der Waals surface area contributed by atoms with Crippen molar-refractivity contribution in [2.75, 3.05) is 34.1 Å². The fourth-order valence-electron chi connectivity index (χ4n) is 3.23. The molecule has 2 aromatic rings. The predicted molar refractivity (Wildman–Crippen MR) is 102 cm³/mol. The third-order valence-corrected chi connectivity index (χ3v) is 5.55. The van der Waals surface area contributed by atoms with Crippen LogP contribution in [0.15, 0.2) is 22.1 Å². The van der Waals surface area contributed by atoms with Crippen molar-refractivity contribution in [2.24, 2.45) is 0 Å². The Labute approximate surface area is 163 Å². The number of hydrogen-bond acceptors (Lipinski definition) is 8.